The van der Waals surface area contributed by atoms with Crippen molar-refractivity contribution in [2.45, 2.75) is 31.8 Å². The largest absolute Gasteiger partial charge is 0.378 e. The number of amides is 1. The maximum atomic E-state index is 11.5. The highest BCUT2D eigenvalue weighted by molar-refractivity contribution is 5.75. The van der Waals surface area contributed by atoms with E-state index in [1.54, 1.807) is 0 Å². The molecule has 1 aromatic rings. The normalized spacial score (nSPS) is 16.4. The van der Waals surface area contributed by atoms with Gasteiger partial charge < -0.3 is 19.9 Å². The van der Waals surface area contributed by atoms with Crippen LogP contribution in [0.3, 0.4) is 0 Å². The second-order valence-electron chi connectivity index (χ2n) is 4.52. The lowest BCUT2D eigenvalue weighted by Gasteiger charge is -2.22. The van der Waals surface area contributed by atoms with Crippen LogP contribution >= 0.6 is 0 Å². The molecule has 1 amide bonds. The van der Waals surface area contributed by atoms with Gasteiger partial charge in [0.2, 0.25) is 12.3 Å². The van der Waals surface area contributed by atoms with Gasteiger partial charge in [0, 0.05) is 19.4 Å². The Hall–Kier alpha value is -1.47. The number of rotatable bonds is 7. The lowest BCUT2D eigenvalue weighted by Crippen LogP contribution is -2.33. The van der Waals surface area contributed by atoms with Crippen LogP contribution in [-0.4, -0.2) is 48.4 Å². The van der Waals surface area contributed by atoms with Crippen molar-refractivity contribution >= 4 is 5.91 Å². The Bertz CT molecular complexity index is 363. The molecule has 0 radical (unpaired) electrons. The molecule has 1 aromatic heterocycles. The lowest BCUT2D eigenvalue weighted by molar-refractivity contribution is -0.122. The SMILES string of the molecule is O=C(CCOC1CCNCC1)NCCc1ncon1. The third kappa shape index (κ3) is 5.35. The van der Waals surface area contributed by atoms with Crippen LogP contribution in [0.25, 0.3) is 0 Å². The van der Waals surface area contributed by atoms with Crippen molar-refractivity contribution in [3.05, 3.63) is 12.2 Å². The summed E-state index contributed by atoms with van der Waals surface area (Å²) in [5, 5.41) is 9.75. The van der Waals surface area contributed by atoms with E-state index >= 15 is 0 Å². The first-order chi connectivity index (χ1) is 9.34. The molecule has 1 aliphatic heterocycles. The Balaban J connectivity index is 1.49. The first kappa shape index (κ1) is 14.0. The number of hydrogen-bond acceptors (Lipinski definition) is 6. The van der Waals surface area contributed by atoms with Gasteiger partial charge in [-0.2, -0.15) is 4.98 Å². The molecule has 2 heterocycles. The Morgan fingerprint density at radius 1 is 1.53 bits per heavy atom. The number of nitrogens with one attached hydrogen (secondary N) is 2. The van der Waals surface area contributed by atoms with Gasteiger partial charge in [-0.25, -0.2) is 0 Å². The summed E-state index contributed by atoms with van der Waals surface area (Å²) in [5.41, 5.74) is 0. The van der Waals surface area contributed by atoms with E-state index in [1.165, 1.54) is 6.39 Å². The molecule has 0 unspecified atom stereocenters. The Morgan fingerprint density at radius 2 is 2.37 bits per heavy atom. The predicted octanol–water partition coefficient (Wildman–Crippen LogP) is -0.113. The Labute approximate surface area is 112 Å². The zero-order valence-electron chi connectivity index (χ0n) is 10.9. The van der Waals surface area contributed by atoms with E-state index in [4.69, 9.17) is 4.74 Å². The molecule has 7 nitrogen and oxygen atoms in total. The van der Waals surface area contributed by atoms with Gasteiger partial charge in [-0.3, -0.25) is 4.79 Å². The molecule has 2 rings (SSSR count). The smallest absolute Gasteiger partial charge is 0.222 e. The number of aromatic nitrogens is 2. The highest BCUT2D eigenvalue weighted by atomic mass is 16.5. The van der Waals surface area contributed by atoms with Crippen LogP contribution in [0.4, 0.5) is 0 Å². The third-order valence-electron chi connectivity index (χ3n) is 3.05. The molecule has 1 aliphatic rings. The standard InChI is InChI=1S/C12H20N4O3/c17-12(14-7-3-11-15-9-19-16-11)4-8-18-10-1-5-13-6-2-10/h9-10,13H,1-8H2,(H,14,17). The van der Waals surface area contributed by atoms with Gasteiger partial charge in [-0.15, -0.1) is 0 Å². The first-order valence-electron chi connectivity index (χ1n) is 6.69. The highest BCUT2D eigenvalue weighted by Gasteiger charge is 2.13. The van der Waals surface area contributed by atoms with Gasteiger partial charge in [0.1, 0.15) is 0 Å². The van der Waals surface area contributed by atoms with Crippen LogP contribution in [0.5, 0.6) is 0 Å². The summed E-state index contributed by atoms with van der Waals surface area (Å²) in [4.78, 5) is 15.4. The minimum atomic E-state index is -0.00238. The average molecular weight is 268 g/mol. The van der Waals surface area contributed by atoms with E-state index in [-0.39, 0.29) is 5.91 Å². The van der Waals surface area contributed by atoms with Gasteiger partial charge in [-0.05, 0) is 25.9 Å². The molecule has 19 heavy (non-hydrogen) atoms. The zero-order chi connectivity index (χ0) is 13.3. The number of piperidine rings is 1. The molecule has 2 N–H and O–H groups in total. The van der Waals surface area contributed by atoms with Crippen LogP contribution in [0.2, 0.25) is 0 Å². The van der Waals surface area contributed by atoms with E-state index < -0.39 is 0 Å². The molecule has 0 saturated carbocycles. The second-order valence-corrected chi connectivity index (χ2v) is 4.52. The van der Waals surface area contributed by atoms with E-state index in [1.807, 2.05) is 0 Å². The molecule has 0 bridgehead atoms. The fraction of sp³-hybridized carbons (Fsp3) is 0.750. The number of ether oxygens (including phenoxy) is 1. The fourth-order valence-corrected chi connectivity index (χ4v) is 1.99. The fourth-order valence-electron chi connectivity index (χ4n) is 1.99. The van der Waals surface area contributed by atoms with Gasteiger partial charge in [0.25, 0.3) is 0 Å². The zero-order valence-corrected chi connectivity index (χ0v) is 10.9. The molecular weight excluding hydrogens is 248 g/mol. The predicted molar refractivity (Wildman–Crippen MR) is 67.5 cm³/mol. The van der Waals surface area contributed by atoms with Gasteiger partial charge in [0.15, 0.2) is 5.82 Å². The Kier molecular flexibility index (Phi) is 5.77. The maximum Gasteiger partial charge on any atom is 0.222 e. The molecular formula is C12H20N4O3. The number of carbonyl (C=O) groups is 1. The molecule has 1 fully saturated rings. The van der Waals surface area contributed by atoms with E-state index in [9.17, 15) is 4.79 Å². The summed E-state index contributed by atoms with van der Waals surface area (Å²) in [7, 11) is 0. The molecule has 0 spiro atoms. The molecule has 7 heteroatoms. The first-order valence-corrected chi connectivity index (χ1v) is 6.69. The van der Waals surface area contributed by atoms with Crippen molar-refractivity contribution in [1.29, 1.82) is 0 Å². The Morgan fingerprint density at radius 3 is 3.11 bits per heavy atom. The van der Waals surface area contributed by atoms with Gasteiger partial charge >= 0.3 is 0 Å². The van der Waals surface area contributed by atoms with Crippen LogP contribution in [0.15, 0.2) is 10.9 Å². The molecule has 0 atom stereocenters. The van der Waals surface area contributed by atoms with E-state index in [0.29, 0.717) is 37.9 Å². The molecule has 0 aliphatic carbocycles. The van der Waals surface area contributed by atoms with Gasteiger partial charge in [0.05, 0.1) is 12.7 Å². The topological polar surface area (TPSA) is 89.3 Å². The molecule has 106 valence electrons. The quantitative estimate of drug-likeness (QED) is 0.717. The minimum absolute atomic E-state index is 0.00238. The van der Waals surface area contributed by atoms with Crippen molar-refractivity contribution in [3.63, 3.8) is 0 Å². The molecule has 0 aromatic carbocycles. The maximum absolute atomic E-state index is 11.5. The van der Waals surface area contributed by atoms with Crippen LogP contribution in [0.1, 0.15) is 25.1 Å². The van der Waals surface area contributed by atoms with E-state index in [2.05, 4.69) is 25.3 Å². The van der Waals surface area contributed by atoms with Crippen molar-refractivity contribution in [1.82, 2.24) is 20.8 Å². The van der Waals surface area contributed by atoms with Crippen molar-refractivity contribution in [2.75, 3.05) is 26.2 Å². The monoisotopic (exact) mass is 268 g/mol. The number of nitrogens with zero attached hydrogens (tertiary/aromatic N) is 2. The average Bonchev–Trinajstić information content (AvgIpc) is 2.93. The van der Waals surface area contributed by atoms with Crippen LogP contribution < -0.4 is 10.6 Å². The third-order valence-corrected chi connectivity index (χ3v) is 3.05. The second kappa shape index (κ2) is 7.85. The summed E-state index contributed by atoms with van der Waals surface area (Å²) in [6.45, 7) is 3.01. The van der Waals surface area contributed by atoms with E-state index in [0.717, 1.165) is 25.9 Å². The summed E-state index contributed by atoms with van der Waals surface area (Å²) in [5.74, 6) is 0.601. The summed E-state index contributed by atoms with van der Waals surface area (Å²) in [6.07, 6.45) is 4.62. The number of hydrogen-bond donors (Lipinski definition) is 2. The minimum Gasteiger partial charge on any atom is -0.378 e. The highest BCUT2D eigenvalue weighted by Crippen LogP contribution is 2.07. The summed E-state index contributed by atoms with van der Waals surface area (Å²) in [6, 6.07) is 0. The van der Waals surface area contributed by atoms with Crippen molar-refractivity contribution in [2.24, 2.45) is 0 Å². The van der Waals surface area contributed by atoms with Crippen LogP contribution in [-0.2, 0) is 16.0 Å². The van der Waals surface area contributed by atoms with Crippen LogP contribution in [0, 0.1) is 0 Å². The number of carbonyl (C=O) groups excluding carboxylic acids is 1. The summed E-state index contributed by atoms with van der Waals surface area (Å²) >= 11 is 0. The van der Waals surface area contributed by atoms with Crippen molar-refractivity contribution < 1.29 is 14.1 Å². The summed E-state index contributed by atoms with van der Waals surface area (Å²) < 4.78 is 10.3. The lowest BCUT2D eigenvalue weighted by atomic mass is 10.1. The molecule has 1 saturated heterocycles. The van der Waals surface area contributed by atoms with Crippen molar-refractivity contribution in [3.8, 4) is 0 Å². The van der Waals surface area contributed by atoms with Gasteiger partial charge in [-0.1, -0.05) is 5.16 Å².